The van der Waals surface area contributed by atoms with Crippen molar-refractivity contribution in [2.45, 2.75) is 20.0 Å². The normalized spacial score (nSPS) is 11.9. The summed E-state index contributed by atoms with van der Waals surface area (Å²) in [4.78, 5) is 11.8. The minimum Gasteiger partial charge on any atom is -0.481 e. The number of nitrogens with zero attached hydrogens (tertiary/aromatic N) is 1. The van der Waals surface area contributed by atoms with Crippen molar-refractivity contribution in [2.75, 3.05) is 5.32 Å². The van der Waals surface area contributed by atoms with Crippen LogP contribution in [0.3, 0.4) is 0 Å². The van der Waals surface area contributed by atoms with Crippen LogP contribution in [0.15, 0.2) is 34.9 Å². The summed E-state index contributed by atoms with van der Waals surface area (Å²) in [5.74, 6) is 0.625. The number of ether oxygens (including phenoxy) is 1. The minimum absolute atomic E-state index is 0.331. The molecule has 100 valence electrons. The summed E-state index contributed by atoms with van der Waals surface area (Å²) in [7, 11) is 0. The molecule has 1 aromatic heterocycles. The first-order chi connectivity index (χ1) is 9.04. The van der Waals surface area contributed by atoms with Crippen LogP contribution in [-0.2, 0) is 4.79 Å². The maximum absolute atomic E-state index is 12.7. The first kappa shape index (κ1) is 13.1. The fourth-order valence-corrected chi connectivity index (χ4v) is 1.42. The Hall–Kier alpha value is -2.37. The van der Waals surface area contributed by atoms with E-state index in [1.54, 1.807) is 19.9 Å². The van der Waals surface area contributed by atoms with Gasteiger partial charge in [0.05, 0.1) is 0 Å². The Morgan fingerprint density at radius 2 is 2.11 bits per heavy atom. The van der Waals surface area contributed by atoms with Crippen molar-refractivity contribution in [3.8, 4) is 5.75 Å². The van der Waals surface area contributed by atoms with Crippen molar-refractivity contribution in [2.24, 2.45) is 0 Å². The standard InChI is InChI=1S/C13H13FN2O3/c1-8-7-12(16-19-8)15-13(17)9(2)18-11-5-3-10(14)4-6-11/h3-7,9H,1-2H3,(H,15,16,17)/t9-/m0/s1. The van der Waals surface area contributed by atoms with Crippen LogP contribution < -0.4 is 10.1 Å². The summed E-state index contributed by atoms with van der Waals surface area (Å²) in [5.41, 5.74) is 0. The van der Waals surface area contributed by atoms with Crippen molar-refractivity contribution in [1.82, 2.24) is 5.16 Å². The highest BCUT2D eigenvalue weighted by Crippen LogP contribution is 2.14. The predicted octanol–water partition coefficient (Wildman–Crippen LogP) is 2.53. The van der Waals surface area contributed by atoms with Gasteiger partial charge in [0.1, 0.15) is 17.3 Å². The van der Waals surface area contributed by atoms with Crippen molar-refractivity contribution in [3.05, 3.63) is 41.9 Å². The van der Waals surface area contributed by atoms with E-state index in [0.29, 0.717) is 17.3 Å². The van der Waals surface area contributed by atoms with Crippen LogP contribution in [0.2, 0.25) is 0 Å². The van der Waals surface area contributed by atoms with Gasteiger partial charge < -0.3 is 14.6 Å². The predicted molar refractivity (Wildman–Crippen MR) is 66.4 cm³/mol. The number of aromatic nitrogens is 1. The number of carbonyl (C=O) groups excluding carboxylic acids is 1. The second-order valence-electron chi connectivity index (χ2n) is 4.03. The molecule has 0 aliphatic heterocycles. The van der Waals surface area contributed by atoms with Crippen LogP contribution in [-0.4, -0.2) is 17.2 Å². The third-order valence-corrected chi connectivity index (χ3v) is 2.37. The van der Waals surface area contributed by atoms with Gasteiger partial charge >= 0.3 is 0 Å². The van der Waals surface area contributed by atoms with Gasteiger partial charge in [0.15, 0.2) is 11.9 Å². The van der Waals surface area contributed by atoms with E-state index < -0.39 is 6.10 Å². The SMILES string of the molecule is Cc1cc(NC(=O)[C@H](C)Oc2ccc(F)cc2)no1. The largest absolute Gasteiger partial charge is 0.481 e. The number of hydrogen-bond donors (Lipinski definition) is 1. The number of rotatable bonds is 4. The highest BCUT2D eigenvalue weighted by Gasteiger charge is 2.16. The number of halogens is 1. The summed E-state index contributed by atoms with van der Waals surface area (Å²) in [6.07, 6.45) is -0.734. The highest BCUT2D eigenvalue weighted by molar-refractivity contribution is 5.93. The molecule has 0 unspecified atom stereocenters. The van der Waals surface area contributed by atoms with Crippen LogP contribution in [0.25, 0.3) is 0 Å². The fraction of sp³-hybridized carbons (Fsp3) is 0.231. The lowest BCUT2D eigenvalue weighted by Gasteiger charge is -2.13. The maximum Gasteiger partial charge on any atom is 0.266 e. The van der Waals surface area contributed by atoms with Gasteiger partial charge in [-0.2, -0.15) is 0 Å². The smallest absolute Gasteiger partial charge is 0.266 e. The molecule has 1 heterocycles. The number of hydrogen-bond acceptors (Lipinski definition) is 4. The summed E-state index contributed by atoms with van der Waals surface area (Å²) in [5, 5.41) is 6.20. The van der Waals surface area contributed by atoms with Gasteiger partial charge in [0.2, 0.25) is 0 Å². The topological polar surface area (TPSA) is 64.4 Å². The Bertz CT molecular complexity index is 566. The molecule has 1 atom stereocenters. The lowest BCUT2D eigenvalue weighted by atomic mass is 10.3. The maximum atomic E-state index is 12.7. The monoisotopic (exact) mass is 264 g/mol. The number of amides is 1. The number of nitrogens with one attached hydrogen (secondary N) is 1. The van der Waals surface area contributed by atoms with Crippen molar-refractivity contribution in [1.29, 1.82) is 0 Å². The molecule has 0 bridgehead atoms. The zero-order valence-corrected chi connectivity index (χ0v) is 10.5. The average Bonchev–Trinajstić information content (AvgIpc) is 2.77. The molecule has 0 saturated carbocycles. The van der Waals surface area contributed by atoms with Crippen molar-refractivity contribution >= 4 is 11.7 Å². The number of aryl methyl sites for hydroxylation is 1. The van der Waals surface area contributed by atoms with Crippen LogP contribution in [0.5, 0.6) is 5.75 Å². The zero-order chi connectivity index (χ0) is 13.8. The molecule has 2 rings (SSSR count). The van der Waals surface area contributed by atoms with Gasteiger partial charge in [-0.3, -0.25) is 4.79 Å². The molecule has 5 nitrogen and oxygen atoms in total. The van der Waals surface area contributed by atoms with E-state index in [4.69, 9.17) is 9.26 Å². The molecule has 0 radical (unpaired) electrons. The second kappa shape index (κ2) is 5.51. The van der Waals surface area contributed by atoms with Gasteiger partial charge in [-0.05, 0) is 38.1 Å². The lowest BCUT2D eigenvalue weighted by Crippen LogP contribution is -2.30. The fourth-order valence-electron chi connectivity index (χ4n) is 1.42. The van der Waals surface area contributed by atoms with E-state index in [1.165, 1.54) is 24.3 Å². The molecular formula is C13H13FN2O3. The molecule has 19 heavy (non-hydrogen) atoms. The Kier molecular flexibility index (Phi) is 3.79. The third kappa shape index (κ3) is 3.54. The Balaban J connectivity index is 1.94. The van der Waals surface area contributed by atoms with E-state index in [-0.39, 0.29) is 11.7 Å². The van der Waals surface area contributed by atoms with E-state index in [9.17, 15) is 9.18 Å². The van der Waals surface area contributed by atoms with E-state index in [0.717, 1.165) is 0 Å². The average molecular weight is 264 g/mol. The second-order valence-corrected chi connectivity index (χ2v) is 4.03. The Morgan fingerprint density at radius 1 is 1.42 bits per heavy atom. The third-order valence-electron chi connectivity index (χ3n) is 2.37. The molecule has 6 heteroatoms. The summed E-state index contributed by atoms with van der Waals surface area (Å²) >= 11 is 0. The quantitative estimate of drug-likeness (QED) is 0.921. The van der Waals surface area contributed by atoms with Crippen LogP contribution >= 0.6 is 0 Å². The van der Waals surface area contributed by atoms with Gasteiger partial charge in [-0.15, -0.1) is 0 Å². The molecule has 0 saturated heterocycles. The number of benzene rings is 1. The molecule has 0 fully saturated rings. The van der Waals surface area contributed by atoms with Crippen molar-refractivity contribution < 1.29 is 18.4 Å². The summed E-state index contributed by atoms with van der Waals surface area (Å²) < 4.78 is 22.9. The van der Waals surface area contributed by atoms with Crippen LogP contribution in [0, 0.1) is 12.7 Å². The zero-order valence-electron chi connectivity index (χ0n) is 10.5. The molecule has 1 aromatic carbocycles. The van der Waals surface area contributed by atoms with Gasteiger partial charge in [0.25, 0.3) is 5.91 Å². The summed E-state index contributed by atoms with van der Waals surface area (Å²) in [6, 6.07) is 7.04. The van der Waals surface area contributed by atoms with E-state index in [2.05, 4.69) is 10.5 Å². The Labute approximate surface area is 109 Å². The van der Waals surface area contributed by atoms with Gasteiger partial charge in [0, 0.05) is 6.07 Å². The molecule has 2 aromatic rings. The highest BCUT2D eigenvalue weighted by atomic mass is 19.1. The van der Waals surface area contributed by atoms with Crippen LogP contribution in [0.1, 0.15) is 12.7 Å². The number of anilines is 1. The minimum atomic E-state index is -0.734. The number of carbonyl (C=O) groups is 1. The molecule has 0 spiro atoms. The molecule has 0 aliphatic rings. The lowest BCUT2D eigenvalue weighted by molar-refractivity contribution is -0.122. The van der Waals surface area contributed by atoms with Crippen LogP contribution in [0.4, 0.5) is 10.2 Å². The molecule has 0 aliphatic carbocycles. The summed E-state index contributed by atoms with van der Waals surface area (Å²) in [6.45, 7) is 3.31. The Morgan fingerprint density at radius 3 is 2.68 bits per heavy atom. The molecular weight excluding hydrogens is 251 g/mol. The van der Waals surface area contributed by atoms with E-state index >= 15 is 0 Å². The first-order valence-corrected chi connectivity index (χ1v) is 5.71. The molecule has 1 N–H and O–H groups in total. The van der Waals surface area contributed by atoms with E-state index in [1.807, 2.05) is 0 Å². The van der Waals surface area contributed by atoms with Crippen molar-refractivity contribution in [3.63, 3.8) is 0 Å². The van der Waals surface area contributed by atoms with Gasteiger partial charge in [-0.1, -0.05) is 5.16 Å². The van der Waals surface area contributed by atoms with Gasteiger partial charge in [-0.25, -0.2) is 4.39 Å². The molecule has 1 amide bonds. The first-order valence-electron chi connectivity index (χ1n) is 5.71.